The van der Waals surface area contributed by atoms with E-state index in [0.29, 0.717) is 30.8 Å². The number of piperazine rings is 1. The van der Waals surface area contributed by atoms with Gasteiger partial charge in [0.25, 0.3) is 11.5 Å². The number of hydrogen-bond donors (Lipinski definition) is 1. The highest BCUT2D eigenvalue weighted by Gasteiger charge is 2.27. The number of benzene rings is 1. The van der Waals surface area contributed by atoms with E-state index < -0.39 is 17.6 Å². The fourth-order valence-corrected chi connectivity index (χ4v) is 4.18. The number of ether oxygens (including phenoxy) is 1. The van der Waals surface area contributed by atoms with Crippen molar-refractivity contribution in [2.24, 2.45) is 0 Å². The number of carbonyl (C=O) groups is 2. The van der Waals surface area contributed by atoms with Gasteiger partial charge in [-0.2, -0.15) is 5.26 Å². The number of amides is 1. The average molecular weight is 451 g/mol. The number of rotatable bonds is 7. The molecule has 33 heavy (non-hydrogen) atoms. The van der Waals surface area contributed by atoms with Crippen molar-refractivity contribution in [2.75, 3.05) is 26.2 Å². The largest absolute Gasteiger partial charge is 0.453 e. The Morgan fingerprint density at radius 2 is 1.82 bits per heavy atom. The minimum Gasteiger partial charge on any atom is -0.453 e. The smallest absolute Gasteiger partial charge is 0.306 e. The van der Waals surface area contributed by atoms with Gasteiger partial charge < -0.3 is 14.6 Å². The molecule has 1 aliphatic rings. The molecular weight excluding hydrogens is 420 g/mol. The summed E-state index contributed by atoms with van der Waals surface area (Å²) < 4.78 is 5.39. The van der Waals surface area contributed by atoms with E-state index in [1.807, 2.05) is 24.3 Å². The number of H-pyrrole nitrogens is 1. The summed E-state index contributed by atoms with van der Waals surface area (Å²) in [6, 6.07) is 12.1. The van der Waals surface area contributed by atoms with Crippen molar-refractivity contribution in [3.8, 4) is 6.07 Å². The number of pyridine rings is 1. The number of esters is 1. The Morgan fingerprint density at radius 3 is 2.45 bits per heavy atom. The van der Waals surface area contributed by atoms with Crippen LogP contribution in [0.5, 0.6) is 0 Å². The highest BCUT2D eigenvalue weighted by atomic mass is 16.5. The molecule has 1 aliphatic heterocycles. The van der Waals surface area contributed by atoms with Gasteiger partial charge in [0.2, 0.25) is 0 Å². The van der Waals surface area contributed by atoms with Gasteiger partial charge in [0, 0.05) is 44.8 Å². The second-order valence-corrected chi connectivity index (χ2v) is 8.39. The van der Waals surface area contributed by atoms with Gasteiger partial charge in [-0.25, -0.2) is 0 Å². The molecule has 0 saturated carbocycles. The first-order valence-electron chi connectivity index (χ1n) is 11.2. The molecule has 1 aromatic carbocycles. The normalized spacial score (nSPS) is 15.0. The van der Waals surface area contributed by atoms with Gasteiger partial charge in [-0.15, -0.1) is 0 Å². The molecule has 1 N–H and O–H groups in total. The van der Waals surface area contributed by atoms with Crippen LogP contribution in [-0.4, -0.2) is 58.9 Å². The topological polar surface area (TPSA) is 106 Å². The van der Waals surface area contributed by atoms with Gasteiger partial charge in [-0.1, -0.05) is 30.3 Å². The Bertz CT molecular complexity index is 1100. The number of carbonyl (C=O) groups excluding carboxylic acids is 2. The molecule has 3 rings (SSSR count). The lowest BCUT2D eigenvalue weighted by Crippen LogP contribution is -2.51. The third-order valence-corrected chi connectivity index (χ3v) is 6.09. The fraction of sp³-hybridized carbons (Fsp3) is 0.440. The van der Waals surface area contributed by atoms with Crippen LogP contribution in [0.25, 0.3) is 0 Å². The molecule has 0 radical (unpaired) electrons. The van der Waals surface area contributed by atoms with Crippen molar-refractivity contribution >= 4 is 11.9 Å². The highest BCUT2D eigenvalue weighted by molar-refractivity contribution is 5.83. The van der Waals surface area contributed by atoms with Gasteiger partial charge in [-0.05, 0) is 43.9 Å². The minimum absolute atomic E-state index is 0.0546. The molecule has 8 heteroatoms. The first-order valence-corrected chi connectivity index (χ1v) is 11.2. The van der Waals surface area contributed by atoms with Crippen LogP contribution >= 0.6 is 0 Å². The monoisotopic (exact) mass is 450 g/mol. The number of aryl methyl sites for hydroxylation is 1. The van der Waals surface area contributed by atoms with Crippen molar-refractivity contribution in [1.82, 2.24) is 14.8 Å². The van der Waals surface area contributed by atoms with Crippen molar-refractivity contribution in [3.63, 3.8) is 0 Å². The molecule has 1 saturated heterocycles. The maximum Gasteiger partial charge on any atom is 0.306 e. The van der Waals surface area contributed by atoms with Gasteiger partial charge in [-0.3, -0.25) is 19.3 Å². The summed E-state index contributed by atoms with van der Waals surface area (Å²) >= 11 is 0. The summed E-state index contributed by atoms with van der Waals surface area (Å²) in [4.78, 5) is 43.7. The summed E-state index contributed by atoms with van der Waals surface area (Å²) in [5.41, 5.74) is 2.82. The molecule has 0 aliphatic carbocycles. The van der Waals surface area contributed by atoms with Crippen LogP contribution in [0.1, 0.15) is 41.3 Å². The zero-order chi connectivity index (χ0) is 24.0. The summed E-state index contributed by atoms with van der Waals surface area (Å²) in [7, 11) is 0. The Balaban J connectivity index is 1.48. The number of nitriles is 1. The number of aromatic amines is 1. The van der Waals surface area contributed by atoms with Crippen LogP contribution in [0.3, 0.4) is 0 Å². The maximum absolute atomic E-state index is 12.8. The van der Waals surface area contributed by atoms with Crippen molar-refractivity contribution in [1.29, 1.82) is 5.26 Å². The SMILES string of the molecule is Cc1[nH]c(=O)c(C#N)c(C)c1CCC(=O)OC(C)C(=O)N1CCN(Cc2ccccc2)CC1. The lowest BCUT2D eigenvalue weighted by molar-refractivity contribution is -0.159. The maximum atomic E-state index is 12.8. The van der Waals surface area contributed by atoms with Gasteiger partial charge in [0.1, 0.15) is 11.6 Å². The van der Waals surface area contributed by atoms with E-state index in [9.17, 15) is 19.6 Å². The van der Waals surface area contributed by atoms with Crippen LogP contribution in [0.2, 0.25) is 0 Å². The summed E-state index contributed by atoms with van der Waals surface area (Å²) in [6.07, 6.45) is -0.479. The van der Waals surface area contributed by atoms with E-state index in [1.54, 1.807) is 25.7 Å². The number of hydrogen-bond acceptors (Lipinski definition) is 6. The molecule has 1 amide bonds. The van der Waals surface area contributed by atoms with E-state index >= 15 is 0 Å². The summed E-state index contributed by atoms with van der Waals surface area (Å²) in [5, 5.41) is 9.18. The minimum atomic E-state index is -0.856. The average Bonchev–Trinajstić information content (AvgIpc) is 2.79. The lowest BCUT2D eigenvalue weighted by Gasteiger charge is -2.35. The predicted octanol–water partition coefficient (Wildman–Crippen LogP) is 2.07. The Labute approximate surface area is 193 Å². The van der Waals surface area contributed by atoms with E-state index in [1.165, 1.54) is 5.56 Å². The Kier molecular flexibility index (Phi) is 8.01. The standard InChI is InChI=1S/C25H30N4O4/c1-17-21(18(2)27-24(31)22(17)15-26)9-10-23(30)33-19(3)25(32)29-13-11-28(12-14-29)16-20-7-5-4-6-8-20/h4-8,19H,9-14,16H2,1-3H3,(H,27,31). The Hall–Kier alpha value is -3.44. The van der Waals surface area contributed by atoms with Crippen molar-refractivity contribution in [2.45, 2.75) is 46.3 Å². The first kappa shape index (κ1) is 24.2. The van der Waals surface area contributed by atoms with Gasteiger partial charge >= 0.3 is 5.97 Å². The predicted molar refractivity (Wildman–Crippen MR) is 123 cm³/mol. The molecule has 174 valence electrons. The highest BCUT2D eigenvalue weighted by Crippen LogP contribution is 2.16. The zero-order valence-corrected chi connectivity index (χ0v) is 19.4. The first-order chi connectivity index (χ1) is 15.8. The van der Waals surface area contributed by atoms with Crippen LogP contribution in [-0.2, 0) is 27.3 Å². The molecule has 8 nitrogen and oxygen atoms in total. The molecular formula is C25H30N4O4. The van der Waals surface area contributed by atoms with Crippen LogP contribution in [0.4, 0.5) is 0 Å². The van der Waals surface area contributed by atoms with Crippen LogP contribution in [0.15, 0.2) is 35.1 Å². The van der Waals surface area contributed by atoms with Crippen LogP contribution in [0, 0.1) is 25.2 Å². The third-order valence-electron chi connectivity index (χ3n) is 6.09. The molecule has 2 aromatic rings. The van der Waals surface area contributed by atoms with Gasteiger partial charge in [0.15, 0.2) is 6.10 Å². The molecule has 1 fully saturated rings. The molecule has 2 heterocycles. The van der Waals surface area contributed by atoms with Crippen LogP contribution < -0.4 is 5.56 Å². The van der Waals surface area contributed by atoms with E-state index in [0.717, 1.165) is 25.2 Å². The van der Waals surface area contributed by atoms with E-state index in [2.05, 4.69) is 22.0 Å². The van der Waals surface area contributed by atoms with E-state index in [-0.39, 0.29) is 17.9 Å². The second-order valence-electron chi connectivity index (χ2n) is 8.39. The van der Waals surface area contributed by atoms with Crippen molar-refractivity contribution in [3.05, 3.63) is 68.6 Å². The number of nitrogens with one attached hydrogen (secondary N) is 1. The lowest BCUT2D eigenvalue weighted by atomic mass is 9.99. The van der Waals surface area contributed by atoms with Gasteiger partial charge in [0.05, 0.1) is 0 Å². The molecule has 0 bridgehead atoms. The molecule has 1 atom stereocenters. The summed E-state index contributed by atoms with van der Waals surface area (Å²) in [5.74, 6) is -0.673. The Morgan fingerprint density at radius 1 is 1.15 bits per heavy atom. The zero-order valence-electron chi connectivity index (χ0n) is 19.4. The summed E-state index contributed by atoms with van der Waals surface area (Å²) in [6.45, 7) is 8.62. The number of aromatic nitrogens is 1. The fourth-order valence-electron chi connectivity index (χ4n) is 4.18. The second kappa shape index (κ2) is 10.9. The molecule has 1 aromatic heterocycles. The quantitative estimate of drug-likeness (QED) is 0.648. The number of nitrogens with zero attached hydrogens (tertiary/aromatic N) is 3. The van der Waals surface area contributed by atoms with E-state index in [4.69, 9.17) is 4.74 Å². The molecule has 0 spiro atoms. The molecule has 1 unspecified atom stereocenters. The van der Waals surface area contributed by atoms with Crippen molar-refractivity contribution < 1.29 is 14.3 Å². The third kappa shape index (κ3) is 6.08.